The Labute approximate surface area is 104 Å². The number of esters is 2. The zero-order valence-electron chi connectivity index (χ0n) is 9.75. The molecule has 94 valence electrons. The van der Waals surface area contributed by atoms with Crippen molar-refractivity contribution in [3.63, 3.8) is 0 Å². The molecule has 0 aliphatic carbocycles. The first-order valence-corrected chi connectivity index (χ1v) is 5.51. The molecule has 1 aliphatic heterocycles. The molecule has 0 saturated carbocycles. The molecule has 18 heavy (non-hydrogen) atoms. The van der Waals surface area contributed by atoms with Gasteiger partial charge in [-0.2, -0.15) is 0 Å². The van der Waals surface area contributed by atoms with E-state index in [1.165, 1.54) is 0 Å². The van der Waals surface area contributed by atoms with Gasteiger partial charge in [0, 0.05) is 5.57 Å². The van der Waals surface area contributed by atoms with Crippen molar-refractivity contribution in [2.75, 3.05) is 6.61 Å². The maximum atomic E-state index is 11.7. The highest BCUT2D eigenvalue weighted by atomic mass is 16.6. The van der Waals surface area contributed by atoms with Gasteiger partial charge in [0.05, 0.1) is 6.61 Å². The van der Waals surface area contributed by atoms with Crippen molar-refractivity contribution >= 4 is 17.5 Å². The molecule has 0 amide bonds. The molecule has 0 saturated heterocycles. The molecule has 1 aliphatic rings. The first-order chi connectivity index (χ1) is 8.65. The van der Waals surface area contributed by atoms with Crippen molar-refractivity contribution in [3.05, 3.63) is 41.5 Å². The molecule has 2 rings (SSSR count). The van der Waals surface area contributed by atoms with Crippen LogP contribution in [0.25, 0.3) is 5.57 Å². The number of hydrogen-bond donors (Lipinski definition) is 1. The van der Waals surface area contributed by atoms with E-state index in [4.69, 9.17) is 4.74 Å². The van der Waals surface area contributed by atoms with Crippen LogP contribution in [0.1, 0.15) is 12.5 Å². The first-order valence-electron chi connectivity index (χ1n) is 5.51. The summed E-state index contributed by atoms with van der Waals surface area (Å²) in [5.41, 5.74) is 0.466. The number of carbonyl (C=O) groups is 2. The molecule has 1 aromatic rings. The summed E-state index contributed by atoms with van der Waals surface area (Å²) in [4.78, 5) is 23.2. The van der Waals surface area contributed by atoms with Gasteiger partial charge in [-0.15, -0.1) is 0 Å². The fourth-order valence-corrected chi connectivity index (χ4v) is 1.75. The van der Waals surface area contributed by atoms with Gasteiger partial charge in [-0.1, -0.05) is 30.3 Å². The smallest absolute Gasteiger partial charge is 0.348 e. The van der Waals surface area contributed by atoms with Crippen molar-refractivity contribution in [2.45, 2.75) is 13.2 Å². The van der Waals surface area contributed by atoms with Gasteiger partial charge in [-0.05, 0) is 12.5 Å². The maximum absolute atomic E-state index is 11.7. The van der Waals surface area contributed by atoms with Gasteiger partial charge >= 0.3 is 11.9 Å². The van der Waals surface area contributed by atoms with Crippen molar-refractivity contribution in [2.24, 2.45) is 0 Å². The van der Waals surface area contributed by atoms with Crippen molar-refractivity contribution < 1.29 is 24.2 Å². The predicted molar refractivity (Wildman–Crippen MR) is 62.1 cm³/mol. The molecule has 5 nitrogen and oxygen atoms in total. The lowest BCUT2D eigenvalue weighted by atomic mass is 10.0. The van der Waals surface area contributed by atoms with Crippen LogP contribution in [0.5, 0.6) is 0 Å². The number of aliphatic hydroxyl groups excluding tert-OH is 1. The molecule has 1 heterocycles. The van der Waals surface area contributed by atoms with Gasteiger partial charge in [-0.25, -0.2) is 9.59 Å². The molecule has 1 aromatic carbocycles. The normalized spacial score (nSPS) is 18.8. The van der Waals surface area contributed by atoms with E-state index in [1.807, 2.05) is 0 Å². The van der Waals surface area contributed by atoms with E-state index >= 15 is 0 Å². The summed E-state index contributed by atoms with van der Waals surface area (Å²) in [7, 11) is 0. The molecular formula is C13H12O5. The third kappa shape index (κ3) is 2.12. The Hall–Kier alpha value is -2.14. The third-order valence-corrected chi connectivity index (χ3v) is 2.50. The highest BCUT2D eigenvalue weighted by Crippen LogP contribution is 2.30. The van der Waals surface area contributed by atoms with E-state index in [2.05, 4.69) is 4.74 Å². The summed E-state index contributed by atoms with van der Waals surface area (Å²) in [6, 6.07) is 8.62. The summed E-state index contributed by atoms with van der Waals surface area (Å²) in [6.07, 6.45) is -1.43. The number of rotatable bonds is 3. The minimum absolute atomic E-state index is 0.147. The van der Waals surface area contributed by atoms with Gasteiger partial charge in [0.1, 0.15) is 0 Å². The van der Waals surface area contributed by atoms with Crippen molar-refractivity contribution in [1.29, 1.82) is 0 Å². The average Bonchev–Trinajstić information content (AvgIpc) is 2.65. The van der Waals surface area contributed by atoms with Crippen LogP contribution >= 0.6 is 0 Å². The number of benzene rings is 1. The number of ether oxygens (including phenoxy) is 2. The van der Waals surface area contributed by atoms with E-state index in [1.54, 1.807) is 37.3 Å². The Morgan fingerprint density at radius 1 is 1.39 bits per heavy atom. The highest BCUT2D eigenvalue weighted by molar-refractivity contribution is 6.22. The lowest BCUT2D eigenvalue weighted by molar-refractivity contribution is -0.153. The second kappa shape index (κ2) is 5.01. The van der Waals surface area contributed by atoms with Crippen LogP contribution < -0.4 is 0 Å². The average molecular weight is 248 g/mol. The minimum Gasteiger partial charge on any atom is -0.462 e. The molecule has 5 heteroatoms. The molecule has 1 atom stereocenters. The van der Waals surface area contributed by atoms with E-state index < -0.39 is 18.2 Å². The van der Waals surface area contributed by atoms with E-state index in [0.717, 1.165) is 0 Å². The number of aliphatic hydroxyl groups is 1. The topological polar surface area (TPSA) is 72.8 Å². The van der Waals surface area contributed by atoms with Crippen LogP contribution in [0.4, 0.5) is 0 Å². The Kier molecular flexibility index (Phi) is 3.43. The minimum atomic E-state index is -1.43. The Balaban J connectivity index is 2.49. The Bertz CT molecular complexity index is 503. The van der Waals surface area contributed by atoms with Crippen molar-refractivity contribution in [3.8, 4) is 0 Å². The lowest BCUT2D eigenvalue weighted by Gasteiger charge is -2.07. The van der Waals surface area contributed by atoms with E-state index in [9.17, 15) is 14.7 Å². The summed E-state index contributed by atoms with van der Waals surface area (Å²) in [5, 5.41) is 9.69. The SMILES string of the molecule is CCOC(=O)C1=C(c2ccccc2)C(O)OC1=O. The van der Waals surface area contributed by atoms with Crippen LogP contribution in [0, 0.1) is 0 Å². The Morgan fingerprint density at radius 2 is 2.06 bits per heavy atom. The quantitative estimate of drug-likeness (QED) is 0.635. The van der Waals surface area contributed by atoms with Crippen LogP contribution in [0.3, 0.4) is 0 Å². The molecule has 0 fully saturated rings. The molecule has 1 N–H and O–H groups in total. The van der Waals surface area contributed by atoms with Gasteiger partial charge < -0.3 is 14.6 Å². The molecule has 0 bridgehead atoms. The van der Waals surface area contributed by atoms with Gasteiger partial charge in [0.25, 0.3) is 0 Å². The number of cyclic esters (lactones) is 1. The number of carbonyl (C=O) groups excluding carboxylic acids is 2. The number of hydrogen-bond acceptors (Lipinski definition) is 5. The molecule has 0 radical (unpaired) electrons. The first kappa shape index (κ1) is 12.3. The van der Waals surface area contributed by atoms with E-state index in [0.29, 0.717) is 5.56 Å². The van der Waals surface area contributed by atoms with Crippen LogP contribution in [0.2, 0.25) is 0 Å². The van der Waals surface area contributed by atoms with Crippen LogP contribution in [0.15, 0.2) is 35.9 Å². The lowest BCUT2D eigenvalue weighted by Crippen LogP contribution is -2.14. The monoisotopic (exact) mass is 248 g/mol. The zero-order valence-corrected chi connectivity index (χ0v) is 9.75. The predicted octanol–water partition coefficient (Wildman–Crippen LogP) is 0.879. The van der Waals surface area contributed by atoms with E-state index in [-0.39, 0.29) is 17.8 Å². The van der Waals surface area contributed by atoms with Gasteiger partial charge in [-0.3, -0.25) is 0 Å². The fourth-order valence-electron chi connectivity index (χ4n) is 1.75. The summed E-state index contributed by atoms with van der Waals surface area (Å²) < 4.78 is 9.44. The molecule has 1 unspecified atom stereocenters. The highest BCUT2D eigenvalue weighted by Gasteiger charge is 2.38. The standard InChI is InChI=1S/C13H12O5/c1-2-17-11(14)10-9(12(15)18-13(10)16)8-6-4-3-5-7-8/h3-7,12,15H,2H2,1H3. The second-order valence-electron chi connectivity index (χ2n) is 3.63. The zero-order chi connectivity index (χ0) is 13.1. The van der Waals surface area contributed by atoms with Crippen LogP contribution in [-0.4, -0.2) is 29.9 Å². The van der Waals surface area contributed by atoms with Gasteiger partial charge in [0.2, 0.25) is 6.29 Å². The third-order valence-electron chi connectivity index (χ3n) is 2.50. The summed E-state index contributed by atoms with van der Waals surface area (Å²) in [5.74, 6) is -1.64. The molecule has 0 aromatic heterocycles. The molecular weight excluding hydrogens is 236 g/mol. The van der Waals surface area contributed by atoms with Crippen molar-refractivity contribution in [1.82, 2.24) is 0 Å². The molecule has 0 spiro atoms. The summed E-state index contributed by atoms with van der Waals surface area (Å²) >= 11 is 0. The maximum Gasteiger partial charge on any atom is 0.348 e. The largest absolute Gasteiger partial charge is 0.462 e. The Morgan fingerprint density at radius 3 is 2.67 bits per heavy atom. The van der Waals surface area contributed by atoms with Gasteiger partial charge in [0.15, 0.2) is 5.57 Å². The second-order valence-corrected chi connectivity index (χ2v) is 3.63. The fraction of sp³-hybridized carbons (Fsp3) is 0.231. The summed E-state index contributed by atoms with van der Waals surface area (Å²) in [6.45, 7) is 1.78. The van der Waals surface area contributed by atoms with Crippen LogP contribution in [-0.2, 0) is 19.1 Å².